The van der Waals surface area contributed by atoms with Crippen molar-refractivity contribution in [2.45, 2.75) is 13.0 Å². The van der Waals surface area contributed by atoms with E-state index in [9.17, 15) is 4.79 Å². The summed E-state index contributed by atoms with van der Waals surface area (Å²) in [5.41, 5.74) is 7.20. The Labute approximate surface area is 110 Å². The quantitative estimate of drug-likeness (QED) is 0.542. The molecule has 2 aromatic rings. The van der Waals surface area contributed by atoms with E-state index >= 15 is 0 Å². The SMILES string of the molecule is Nc1cc(C(=O)O)ccc1NCCCn1ccnc1. The fourth-order valence-corrected chi connectivity index (χ4v) is 1.76. The van der Waals surface area contributed by atoms with Crippen LogP contribution in [0.1, 0.15) is 16.8 Å². The summed E-state index contributed by atoms with van der Waals surface area (Å²) in [4.78, 5) is 14.7. The number of nitrogens with zero attached hydrogens (tertiary/aromatic N) is 2. The summed E-state index contributed by atoms with van der Waals surface area (Å²) >= 11 is 0. The Morgan fingerprint density at radius 2 is 2.32 bits per heavy atom. The minimum atomic E-state index is -0.974. The number of aryl methyl sites for hydroxylation is 1. The number of nitrogens with one attached hydrogen (secondary N) is 1. The molecule has 0 saturated carbocycles. The molecule has 100 valence electrons. The Balaban J connectivity index is 1.84. The van der Waals surface area contributed by atoms with Crippen LogP contribution in [0.5, 0.6) is 0 Å². The Bertz CT molecular complexity index is 552. The third-order valence-electron chi connectivity index (χ3n) is 2.77. The molecule has 0 saturated heterocycles. The van der Waals surface area contributed by atoms with Crippen molar-refractivity contribution in [3.63, 3.8) is 0 Å². The molecule has 1 aromatic heterocycles. The zero-order valence-corrected chi connectivity index (χ0v) is 10.4. The second kappa shape index (κ2) is 5.90. The third kappa shape index (κ3) is 3.48. The van der Waals surface area contributed by atoms with Gasteiger partial charge in [0.05, 0.1) is 23.3 Å². The molecule has 0 aliphatic heterocycles. The van der Waals surface area contributed by atoms with Gasteiger partial charge >= 0.3 is 5.97 Å². The highest BCUT2D eigenvalue weighted by Gasteiger charge is 2.05. The normalized spacial score (nSPS) is 10.3. The first-order valence-electron chi connectivity index (χ1n) is 5.99. The summed E-state index contributed by atoms with van der Waals surface area (Å²) in [6, 6.07) is 4.69. The Kier molecular flexibility index (Phi) is 4.02. The number of hydrogen-bond acceptors (Lipinski definition) is 4. The van der Waals surface area contributed by atoms with E-state index in [2.05, 4.69) is 10.3 Å². The lowest BCUT2D eigenvalue weighted by molar-refractivity contribution is 0.0697. The van der Waals surface area contributed by atoms with E-state index in [1.807, 2.05) is 10.8 Å². The number of hydrogen-bond donors (Lipinski definition) is 3. The number of carboxylic acids is 1. The molecule has 0 amide bonds. The largest absolute Gasteiger partial charge is 0.478 e. The summed E-state index contributed by atoms with van der Waals surface area (Å²) in [7, 11) is 0. The van der Waals surface area contributed by atoms with E-state index in [1.165, 1.54) is 12.1 Å². The lowest BCUT2D eigenvalue weighted by Crippen LogP contribution is -2.08. The predicted octanol–water partition coefficient (Wildman–Crippen LogP) is 1.67. The Hall–Kier alpha value is -2.50. The average Bonchev–Trinajstić information content (AvgIpc) is 2.89. The van der Waals surface area contributed by atoms with Crippen LogP contribution < -0.4 is 11.1 Å². The van der Waals surface area contributed by atoms with Crippen molar-refractivity contribution < 1.29 is 9.90 Å². The maximum Gasteiger partial charge on any atom is 0.335 e. The number of nitrogen functional groups attached to an aromatic ring is 1. The highest BCUT2D eigenvalue weighted by Crippen LogP contribution is 2.19. The third-order valence-corrected chi connectivity index (χ3v) is 2.77. The summed E-state index contributed by atoms with van der Waals surface area (Å²) in [5.74, 6) is -0.974. The van der Waals surface area contributed by atoms with Crippen LogP contribution in [0.3, 0.4) is 0 Å². The van der Waals surface area contributed by atoms with Crippen LogP contribution in [-0.2, 0) is 6.54 Å². The fourth-order valence-electron chi connectivity index (χ4n) is 1.76. The van der Waals surface area contributed by atoms with Gasteiger partial charge in [0.25, 0.3) is 0 Å². The fraction of sp³-hybridized carbons (Fsp3) is 0.231. The van der Waals surface area contributed by atoms with Gasteiger partial charge in [-0.2, -0.15) is 0 Å². The van der Waals surface area contributed by atoms with Crippen LogP contribution in [0.4, 0.5) is 11.4 Å². The molecule has 19 heavy (non-hydrogen) atoms. The van der Waals surface area contributed by atoms with Crippen molar-refractivity contribution in [3.8, 4) is 0 Å². The molecule has 0 unspecified atom stereocenters. The van der Waals surface area contributed by atoms with Gasteiger partial charge < -0.3 is 20.7 Å². The van der Waals surface area contributed by atoms with Gasteiger partial charge in [-0.1, -0.05) is 0 Å². The predicted molar refractivity (Wildman–Crippen MR) is 73.1 cm³/mol. The van der Waals surface area contributed by atoms with Gasteiger partial charge in [0.2, 0.25) is 0 Å². The zero-order chi connectivity index (χ0) is 13.7. The molecule has 1 aromatic carbocycles. The number of carboxylic acid groups (broad SMARTS) is 1. The second-order valence-electron chi connectivity index (χ2n) is 4.19. The summed E-state index contributed by atoms with van der Waals surface area (Å²) in [6.07, 6.45) is 6.36. The van der Waals surface area contributed by atoms with Crippen molar-refractivity contribution >= 4 is 17.3 Å². The molecule has 4 N–H and O–H groups in total. The number of benzene rings is 1. The molecular formula is C13H16N4O2. The van der Waals surface area contributed by atoms with E-state index in [0.29, 0.717) is 5.69 Å². The second-order valence-corrected chi connectivity index (χ2v) is 4.19. The minimum Gasteiger partial charge on any atom is -0.478 e. The van der Waals surface area contributed by atoms with Gasteiger partial charge in [-0.3, -0.25) is 0 Å². The maximum atomic E-state index is 10.8. The highest BCUT2D eigenvalue weighted by atomic mass is 16.4. The lowest BCUT2D eigenvalue weighted by atomic mass is 10.1. The van der Waals surface area contributed by atoms with Crippen molar-refractivity contribution in [3.05, 3.63) is 42.5 Å². The molecule has 1 heterocycles. The first-order valence-corrected chi connectivity index (χ1v) is 5.99. The molecular weight excluding hydrogens is 244 g/mol. The van der Waals surface area contributed by atoms with Crippen LogP contribution >= 0.6 is 0 Å². The van der Waals surface area contributed by atoms with Crippen molar-refractivity contribution in [1.29, 1.82) is 0 Å². The number of imidazole rings is 1. The number of anilines is 2. The monoisotopic (exact) mass is 260 g/mol. The van der Waals surface area contributed by atoms with Crippen LogP contribution in [0.2, 0.25) is 0 Å². The average molecular weight is 260 g/mol. The van der Waals surface area contributed by atoms with Crippen molar-refractivity contribution in [1.82, 2.24) is 9.55 Å². The molecule has 6 nitrogen and oxygen atoms in total. The molecule has 0 atom stereocenters. The van der Waals surface area contributed by atoms with E-state index in [0.717, 1.165) is 25.2 Å². The van der Waals surface area contributed by atoms with Crippen molar-refractivity contribution in [2.75, 3.05) is 17.6 Å². The van der Waals surface area contributed by atoms with Gasteiger partial charge in [0, 0.05) is 25.5 Å². The molecule has 0 radical (unpaired) electrons. The topological polar surface area (TPSA) is 93.2 Å². The standard InChI is InChI=1S/C13H16N4O2/c14-11-8-10(13(18)19)2-3-12(11)16-4-1-6-17-7-5-15-9-17/h2-3,5,7-9,16H,1,4,6,14H2,(H,18,19). The number of aromatic nitrogens is 2. The molecule has 0 bridgehead atoms. The molecule has 6 heteroatoms. The number of carbonyl (C=O) groups is 1. The van der Waals surface area contributed by atoms with E-state index in [4.69, 9.17) is 10.8 Å². The highest BCUT2D eigenvalue weighted by molar-refractivity contribution is 5.90. The first-order chi connectivity index (χ1) is 9.16. The maximum absolute atomic E-state index is 10.8. The van der Waals surface area contributed by atoms with E-state index in [-0.39, 0.29) is 5.56 Å². The van der Waals surface area contributed by atoms with Gasteiger partial charge in [-0.25, -0.2) is 9.78 Å². The van der Waals surface area contributed by atoms with E-state index < -0.39 is 5.97 Å². The van der Waals surface area contributed by atoms with Gasteiger partial charge in [0.15, 0.2) is 0 Å². The van der Waals surface area contributed by atoms with Crippen LogP contribution in [-0.4, -0.2) is 27.2 Å². The van der Waals surface area contributed by atoms with Crippen molar-refractivity contribution in [2.24, 2.45) is 0 Å². The molecule has 0 aliphatic rings. The molecule has 0 aliphatic carbocycles. The summed E-state index contributed by atoms with van der Waals surface area (Å²) < 4.78 is 2.00. The number of nitrogens with two attached hydrogens (primary N) is 1. The lowest BCUT2D eigenvalue weighted by Gasteiger charge is -2.10. The molecule has 2 rings (SSSR count). The zero-order valence-electron chi connectivity index (χ0n) is 10.4. The van der Waals surface area contributed by atoms with Crippen LogP contribution in [0, 0.1) is 0 Å². The van der Waals surface area contributed by atoms with Crippen LogP contribution in [0.25, 0.3) is 0 Å². The summed E-state index contributed by atoms with van der Waals surface area (Å²) in [5, 5.41) is 12.0. The Morgan fingerprint density at radius 1 is 1.47 bits per heavy atom. The number of rotatable bonds is 6. The minimum absolute atomic E-state index is 0.196. The molecule has 0 fully saturated rings. The van der Waals surface area contributed by atoms with Gasteiger partial charge in [0.1, 0.15) is 0 Å². The summed E-state index contributed by atoms with van der Waals surface area (Å²) in [6.45, 7) is 1.63. The van der Waals surface area contributed by atoms with Gasteiger partial charge in [-0.15, -0.1) is 0 Å². The Morgan fingerprint density at radius 3 is 2.95 bits per heavy atom. The molecule has 0 spiro atoms. The van der Waals surface area contributed by atoms with Crippen LogP contribution in [0.15, 0.2) is 36.9 Å². The number of aromatic carboxylic acids is 1. The smallest absolute Gasteiger partial charge is 0.335 e. The first kappa shape index (κ1) is 12.9. The van der Waals surface area contributed by atoms with E-state index in [1.54, 1.807) is 18.6 Å². The van der Waals surface area contributed by atoms with Gasteiger partial charge in [-0.05, 0) is 24.6 Å².